The molecule has 9 heteroatoms. The second-order valence-electron chi connectivity index (χ2n) is 9.09. The molecule has 2 aromatic heterocycles. The van der Waals surface area contributed by atoms with Crippen molar-refractivity contribution in [1.82, 2.24) is 14.8 Å². The summed E-state index contributed by atoms with van der Waals surface area (Å²) in [5, 5.41) is 19.0. The predicted octanol–water partition coefficient (Wildman–Crippen LogP) is 5.26. The number of hydrogen-bond acceptors (Lipinski definition) is 8. The van der Waals surface area contributed by atoms with Crippen LogP contribution in [0.15, 0.2) is 53.5 Å². The number of esters is 1. The number of nitrogens with zero attached hydrogens (tertiary/aromatic N) is 5. The molecule has 0 bridgehead atoms. The topological polar surface area (TPSA) is 102 Å². The van der Waals surface area contributed by atoms with Crippen LogP contribution in [-0.2, 0) is 14.3 Å². The summed E-state index contributed by atoms with van der Waals surface area (Å²) in [7, 11) is 1.56. The lowest BCUT2D eigenvalue weighted by Gasteiger charge is -2.13. The first-order valence-corrected chi connectivity index (χ1v) is 13.1. The number of ether oxygens (including phenoxy) is 2. The minimum atomic E-state index is -0.562. The molecule has 0 aliphatic carbocycles. The Labute approximate surface area is 225 Å². The van der Waals surface area contributed by atoms with Crippen LogP contribution >= 0.6 is 11.3 Å². The average Bonchev–Trinajstić information content (AvgIpc) is 3.41. The molecule has 3 heterocycles. The second kappa shape index (κ2) is 10.7. The largest absolute Gasteiger partial charge is 0.463 e. The summed E-state index contributed by atoms with van der Waals surface area (Å²) < 4.78 is 12.4. The van der Waals surface area contributed by atoms with E-state index >= 15 is 0 Å². The Bertz CT molecular complexity index is 1580. The Balaban J connectivity index is 1.60. The molecular formula is C29H27N5O3S. The normalized spacial score (nSPS) is 14.2. The van der Waals surface area contributed by atoms with Crippen LogP contribution in [0.2, 0.25) is 0 Å². The van der Waals surface area contributed by atoms with Gasteiger partial charge in [0.2, 0.25) is 0 Å². The standard InChI is InChI=1S/C29H27N5O3S/c1-17-18(2)38-29-26(17)27(22-10-8-21(9-11-22)23-7-5-6-20(14-23)16-30)31-24(15-25(35)37-13-12-36-4)28-33-32-19(3)34(28)29/h5-11,14,24H,12-13,15H2,1-4H3/t24-/m0/s1. The SMILES string of the molecule is COCCOC(=O)C[C@@H]1N=C(c2ccc(-c3cccc(C#N)c3)cc2)c2c(sc(C)c2C)-n2c(C)nnc21. The molecular weight excluding hydrogens is 498 g/mol. The zero-order valence-electron chi connectivity index (χ0n) is 21.7. The number of methoxy groups -OCH3 is 1. The minimum Gasteiger partial charge on any atom is -0.463 e. The molecule has 2 aromatic carbocycles. The number of aryl methyl sites for hydroxylation is 2. The van der Waals surface area contributed by atoms with Crippen molar-refractivity contribution < 1.29 is 14.3 Å². The van der Waals surface area contributed by atoms with Gasteiger partial charge in [0.25, 0.3) is 0 Å². The van der Waals surface area contributed by atoms with Gasteiger partial charge in [-0.2, -0.15) is 5.26 Å². The van der Waals surface area contributed by atoms with Gasteiger partial charge in [0.15, 0.2) is 5.82 Å². The maximum absolute atomic E-state index is 12.7. The van der Waals surface area contributed by atoms with Crippen LogP contribution in [-0.4, -0.2) is 46.8 Å². The monoisotopic (exact) mass is 525 g/mol. The lowest BCUT2D eigenvalue weighted by molar-refractivity contribution is -0.145. The van der Waals surface area contributed by atoms with E-state index in [9.17, 15) is 10.1 Å². The summed E-state index contributed by atoms with van der Waals surface area (Å²) in [6, 6.07) is 17.3. The Kier molecular flexibility index (Phi) is 7.18. The van der Waals surface area contributed by atoms with E-state index in [-0.39, 0.29) is 19.0 Å². The number of aliphatic imine (C=N–C) groups is 1. The van der Waals surface area contributed by atoms with Gasteiger partial charge < -0.3 is 9.47 Å². The molecule has 0 spiro atoms. The maximum atomic E-state index is 12.7. The summed E-state index contributed by atoms with van der Waals surface area (Å²) in [5.74, 6) is 0.992. The zero-order chi connectivity index (χ0) is 26.8. The third kappa shape index (κ3) is 4.76. The average molecular weight is 526 g/mol. The molecule has 0 amide bonds. The molecule has 0 saturated heterocycles. The third-order valence-electron chi connectivity index (χ3n) is 6.63. The molecule has 1 aliphatic rings. The van der Waals surface area contributed by atoms with Crippen LogP contribution in [0.1, 0.15) is 51.2 Å². The summed E-state index contributed by atoms with van der Waals surface area (Å²) >= 11 is 1.67. The van der Waals surface area contributed by atoms with Gasteiger partial charge in [-0.15, -0.1) is 21.5 Å². The van der Waals surface area contributed by atoms with E-state index in [1.54, 1.807) is 24.5 Å². The molecule has 0 N–H and O–H groups in total. The fourth-order valence-corrected chi connectivity index (χ4v) is 5.78. The van der Waals surface area contributed by atoms with Crippen molar-refractivity contribution in [3.05, 3.63) is 87.3 Å². The molecule has 0 unspecified atom stereocenters. The molecule has 4 aromatic rings. The molecule has 1 aliphatic heterocycles. The predicted molar refractivity (Wildman–Crippen MR) is 146 cm³/mol. The fraction of sp³-hybridized carbons (Fsp3) is 0.276. The third-order valence-corrected chi connectivity index (χ3v) is 7.83. The van der Waals surface area contributed by atoms with Gasteiger partial charge in [-0.3, -0.25) is 14.4 Å². The number of rotatable bonds is 7. The number of benzene rings is 2. The number of fused-ring (bicyclic) bond motifs is 3. The number of hydrogen-bond donors (Lipinski definition) is 0. The van der Waals surface area contributed by atoms with Crippen molar-refractivity contribution in [1.29, 1.82) is 5.26 Å². The number of carbonyl (C=O) groups excluding carboxylic acids is 1. The maximum Gasteiger partial charge on any atom is 0.308 e. The summed E-state index contributed by atoms with van der Waals surface area (Å²) in [4.78, 5) is 19.0. The van der Waals surface area contributed by atoms with E-state index in [0.29, 0.717) is 18.0 Å². The number of carbonyl (C=O) groups is 1. The molecule has 1 atom stereocenters. The Morgan fingerprint density at radius 3 is 2.55 bits per heavy atom. The van der Waals surface area contributed by atoms with Crippen molar-refractivity contribution in [3.63, 3.8) is 0 Å². The van der Waals surface area contributed by atoms with Gasteiger partial charge in [0.1, 0.15) is 23.5 Å². The number of thiophene rings is 1. The van der Waals surface area contributed by atoms with Gasteiger partial charge in [-0.25, -0.2) is 0 Å². The highest BCUT2D eigenvalue weighted by atomic mass is 32.1. The van der Waals surface area contributed by atoms with Crippen molar-refractivity contribution in [2.75, 3.05) is 20.3 Å². The molecule has 38 heavy (non-hydrogen) atoms. The Morgan fingerprint density at radius 1 is 1.05 bits per heavy atom. The fourth-order valence-electron chi connectivity index (χ4n) is 4.57. The van der Waals surface area contributed by atoms with Crippen LogP contribution in [0.25, 0.3) is 16.1 Å². The Hall–Kier alpha value is -4.13. The second-order valence-corrected chi connectivity index (χ2v) is 10.3. The van der Waals surface area contributed by atoms with Crippen LogP contribution in [0, 0.1) is 32.1 Å². The zero-order valence-corrected chi connectivity index (χ0v) is 22.5. The first kappa shape index (κ1) is 25.5. The van der Waals surface area contributed by atoms with Gasteiger partial charge >= 0.3 is 5.97 Å². The van der Waals surface area contributed by atoms with Crippen LogP contribution < -0.4 is 0 Å². The van der Waals surface area contributed by atoms with Gasteiger partial charge in [0, 0.05) is 23.1 Å². The van der Waals surface area contributed by atoms with Crippen LogP contribution in [0.3, 0.4) is 0 Å². The molecule has 0 saturated carbocycles. The van der Waals surface area contributed by atoms with Crippen molar-refractivity contribution in [2.24, 2.45) is 4.99 Å². The first-order chi connectivity index (χ1) is 18.4. The van der Waals surface area contributed by atoms with Crippen LogP contribution in [0.4, 0.5) is 0 Å². The van der Waals surface area contributed by atoms with Gasteiger partial charge in [-0.05, 0) is 49.6 Å². The summed E-state index contributed by atoms with van der Waals surface area (Å²) in [6.07, 6.45) is 0.0390. The van der Waals surface area contributed by atoms with Crippen molar-refractivity contribution >= 4 is 23.0 Å². The van der Waals surface area contributed by atoms with E-state index in [2.05, 4.69) is 30.1 Å². The molecule has 192 valence electrons. The molecule has 8 nitrogen and oxygen atoms in total. The quantitative estimate of drug-likeness (QED) is 0.241. The number of aromatic nitrogens is 3. The smallest absolute Gasteiger partial charge is 0.308 e. The molecule has 5 rings (SSSR count). The lowest BCUT2D eigenvalue weighted by Crippen LogP contribution is -2.15. The highest BCUT2D eigenvalue weighted by Crippen LogP contribution is 2.39. The minimum absolute atomic E-state index is 0.0390. The highest BCUT2D eigenvalue weighted by Gasteiger charge is 2.32. The van der Waals surface area contributed by atoms with Crippen molar-refractivity contribution in [3.8, 4) is 22.2 Å². The Morgan fingerprint density at radius 2 is 1.82 bits per heavy atom. The lowest BCUT2D eigenvalue weighted by atomic mass is 9.96. The summed E-state index contributed by atoms with van der Waals surface area (Å²) in [6.45, 7) is 6.62. The van der Waals surface area contributed by atoms with Gasteiger partial charge in [0.05, 0.1) is 30.4 Å². The van der Waals surface area contributed by atoms with E-state index in [1.807, 2.05) is 54.0 Å². The van der Waals surface area contributed by atoms with Crippen molar-refractivity contribution in [2.45, 2.75) is 33.2 Å². The first-order valence-electron chi connectivity index (χ1n) is 12.3. The van der Waals surface area contributed by atoms with Crippen LogP contribution in [0.5, 0.6) is 0 Å². The van der Waals surface area contributed by atoms with E-state index in [4.69, 9.17) is 14.5 Å². The number of nitriles is 1. The molecule has 0 radical (unpaired) electrons. The van der Waals surface area contributed by atoms with E-state index in [1.165, 1.54) is 4.88 Å². The molecule has 0 fully saturated rings. The highest BCUT2D eigenvalue weighted by molar-refractivity contribution is 7.15. The van der Waals surface area contributed by atoms with E-state index in [0.717, 1.165) is 44.4 Å². The van der Waals surface area contributed by atoms with Gasteiger partial charge in [-0.1, -0.05) is 36.4 Å². The summed E-state index contributed by atoms with van der Waals surface area (Å²) in [5.41, 5.74) is 6.49. The van der Waals surface area contributed by atoms with E-state index < -0.39 is 6.04 Å².